The number of hydrogen-bond acceptors (Lipinski definition) is 4. The quantitative estimate of drug-likeness (QED) is 0.727. The Labute approximate surface area is 129 Å². The van der Waals surface area contributed by atoms with Gasteiger partial charge in [0, 0.05) is 12.1 Å². The molecule has 1 atom stereocenters. The van der Waals surface area contributed by atoms with Crippen LogP contribution < -0.4 is 10.0 Å². The smallest absolute Gasteiger partial charge is 0.253 e. The van der Waals surface area contributed by atoms with Crippen LogP contribution in [-0.4, -0.2) is 38.1 Å². The van der Waals surface area contributed by atoms with Crippen molar-refractivity contribution in [3.63, 3.8) is 0 Å². The second-order valence-corrected chi connectivity index (χ2v) is 7.10. The Morgan fingerprint density at radius 3 is 2.48 bits per heavy atom. The van der Waals surface area contributed by atoms with E-state index in [4.69, 9.17) is 16.7 Å². The summed E-state index contributed by atoms with van der Waals surface area (Å²) in [5.41, 5.74) is 0.0450. The third-order valence-corrected chi connectivity index (χ3v) is 4.52. The van der Waals surface area contributed by atoms with Gasteiger partial charge in [-0.25, -0.2) is 13.1 Å². The summed E-state index contributed by atoms with van der Waals surface area (Å²) in [6.45, 7) is 4.79. The van der Waals surface area contributed by atoms with Crippen molar-refractivity contribution in [2.45, 2.75) is 37.8 Å². The Bertz CT molecular complexity index is 617. The van der Waals surface area contributed by atoms with Gasteiger partial charge in [0.25, 0.3) is 5.91 Å². The van der Waals surface area contributed by atoms with Gasteiger partial charge in [0.1, 0.15) is 0 Å². The maximum atomic E-state index is 12.1. The number of rotatable bonds is 6. The topological polar surface area (TPSA) is 95.5 Å². The third-order valence-electron chi connectivity index (χ3n) is 2.53. The predicted molar refractivity (Wildman–Crippen MR) is 80.9 cm³/mol. The second kappa shape index (κ2) is 7.22. The number of aliphatic hydroxyl groups excluding tert-OH is 1. The molecule has 1 amide bonds. The Hall–Kier alpha value is -1.15. The average Bonchev–Trinajstić information content (AvgIpc) is 2.37. The van der Waals surface area contributed by atoms with Gasteiger partial charge in [-0.1, -0.05) is 11.6 Å². The van der Waals surface area contributed by atoms with E-state index in [0.29, 0.717) is 0 Å². The Morgan fingerprint density at radius 2 is 1.95 bits per heavy atom. The molecule has 1 rings (SSSR count). The van der Waals surface area contributed by atoms with Crippen LogP contribution in [0.4, 0.5) is 0 Å². The van der Waals surface area contributed by atoms with E-state index in [-0.39, 0.29) is 28.1 Å². The van der Waals surface area contributed by atoms with Crippen LogP contribution in [0.25, 0.3) is 0 Å². The summed E-state index contributed by atoms with van der Waals surface area (Å²) in [7, 11) is -3.70. The van der Waals surface area contributed by atoms with E-state index in [2.05, 4.69) is 10.0 Å². The molecule has 1 aromatic rings. The van der Waals surface area contributed by atoms with Crippen molar-refractivity contribution in [2.24, 2.45) is 0 Å². The maximum Gasteiger partial charge on any atom is 0.253 e. The Morgan fingerprint density at radius 1 is 1.33 bits per heavy atom. The molecule has 0 saturated carbocycles. The lowest BCUT2D eigenvalue weighted by molar-refractivity contribution is 0.0922. The van der Waals surface area contributed by atoms with Gasteiger partial charge in [-0.15, -0.1) is 0 Å². The van der Waals surface area contributed by atoms with Crippen molar-refractivity contribution < 1.29 is 18.3 Å². The van der Waals surface area contributed by atoms with E-state index >= 15 is 0 Å². The monoisotopic (exact) mass is 334 g/mol. The molecule has 0 saturated heterocycles. The molecule has 0 aliphatic heterocycles. The molecule has 8 heteroatoms. The molecule has 0 aliphatic carbocycles. The summed E-state index contributed by atoms with van der Waals surface area (Å²) in [6.07, 6.45) is 0. The number of amides is 1. The molecular formula is C13H19ClN2O4S. The van der Waals surface area contributed by atoms with Crippen molar-refractivity contribution >= 4 is 27.5 Å². The van der Waals surface area contributed by atoms with Crippen LogP contribution in [0.3, 0.4) is 0 Å². The molecule has 118 valence electrons. The SMILES string of the molecule is CC(C)NS(=O)(=O)c1ccc(Cl)c(C(=O)NC(C)CO)c1. The van der Waals surface area contributed by atoms with Crippen LogP contribution in [-0.2, 0) is 10.0 Å². The fourth-order valence-corrected chi connectivity index (χ4v) is 3.05. The molecule has 3 N–H and O–H groups in total. The summed E-state index contributed by atoms with van der Waals surface area (Å²) in [5.74, 6) is -0.539. The number of carbonyl (C=O) groups is 1. The fraction of sp³-hybridized carbons (Fsp3) is 0.462. The van der Waals surface area contributed by atoms with Crippen LogP contribution in [0.2, 0.25) is 5.02 Å². The molecule has 0 fully saturated rings. The summed E-state index contributed by atoms with van der Waals surface area (Å²) in [5, 5.41) is 11.6. The number of sulfonamides is 1. The van der Waals surface area contributed by atoms with Crippen LogP contribution in [0.5, 0.6) is 0 Å². The van der Waals surface area contributed by atoms with Gasteiger partial charge in [-0.05, 0) is 39.0 Å². The van der Waals surface area contributed by atoms with Gasteiger partial charge in [0.15, 0.2) is 0 Å². The predicted octanol–water partition coefficient (Wildman–Crippen LogP) is 1.14. The number of aliphatic hydroxyl groups is 1. The highest BCUT2D eigenvalue weighted by Gasteiger charge is 2.20. The van der Waals surface area contributed by atoms with E-state index in [1.807, 2.05) is 0 Å². The Balaban J connectivity index is 3.14. The molecule has 0 spiro atoms. The molecule has 0 heterocycles. The molecule has 1 unspecified atom stereocenters. The molecule has 0 aliphatic rings. The minimum atomic E-state index is -3.70. The molecule has 1 aromatic carbocycles. The third kappa shape index (κ3) is 4.96. The second-order valence-electron chi connectivity index (χ2n) is 4.97. The van der Waals surface area contributed by atoms with E-state index in [9.17, 15) is 13.2 Å². The highest BCUT2D eigenvalue weighted by Crippen LogP contribution is 2.20. The fourth-order valence-electron chi connectivity index (χ4n) is 1.57. The summed E-state index contributed by atoms with van der Waals surface area (Å²) < 4.78 is 26.6. The molecule has 21 heavy (non-hydrogen) atoms. The number of hydrogen-bond donors (Lipinski definition) is 3. The van der Waals surface area contributed by atoms with E-state index in [0.717, 1.165) is 0 Å². The normalized spacial score (nSPS) is 13.2. The lowest BCUT2D eigenvalue weighted by Gasteiger charge is -2.14. The van der Waals surface area contributed by atoms with Crippen LogP contribution in [0, 0.1) is 0 Å². The van der Waals surface area contributed by atoms with Gasteiger partial charge in [0.2, 0.25) is 10.0 Å². The molecule has 0 radical (unpaired) electrons. The van der Waals surface area contributed by atoms with E-state index in [1.165, 1.54) is 18.2 Å². The van der Waals surface area contributed by atoms with Crippen molar-refractivity contribution in [2.75, 3.05) is 6.61 Å². The number of halogens is 1. The Kier molecular flexibility index (Phi) is 6.15. The molecule has 0 bridgehead atoms. The standard InChI is InChI=1S/C13H19ClN2O4S/c1-8(2)16-21(19,20)10-4-5-12(14)11(6-10)13(18)15-9(3)7-17/h4-6,8-9,16-17H,7H2,1-3H3,(H,15,18). The highest BCUT2D eigenvalue weighted by atomic mass is 35.5. The van der Waals surface area contributed by atoms with Crippen molar-refractivity contribution in [3.05, 3.63) is 28.8 Å². The van der Waals surface area contributed by atoms with Crippen LogP contribution in [0.15, 0.2) is 23.1 Å². The van der Waals surface area contributed by atoms with E-state index < -0.39 is 22.0 Å². The number of carbonyl (C=O) groups excluding carboxylic acids is 1. The number of nitrogens with one attached hydrogen (secondary N) is 2. The van der Waals surface area contributed by atoms with Crippen LogP contribution in [0.1, 0.15) is 31.1 Å². The summed E-state index contributed by atoms with van der Waals surface area (Å²) >= 11 is 5.93. The van der Waals surface area contributed by atoms with Crippen LogP contribution >= 0.6 is 11.6 Å². The molecule has 6 nitrogen and oxygen atoms in total. The summed E-state index contributed by atoms with van der Waals surface area (Å²) in [6, 6.07) is 3.18. The first-order chi connectivity index (χ1) is 9.67. The van der Waals surface area contributed by atoms with Crippen molar-refractivity contribution in [3.8, 4) is 0 Å². The molecular weight excluding hydrogens is 316 g/mol. The van der Waals surface area contributed by atoms with Gasteiger partial charge in [0.05, 0.1) is 22.1 Å². The number of benzene rings is 1. The largest absolute Gasteiger partial charge is 0.394 e. The molecule has 0 aromatic heterocycles. The van der Waals surface area contributed by atoms with Gasteiger partial charge < -0.3 is 10.4 Å². The average molecular weight is 335 g/mol. The zero-order valence-electron chi connectivity index (χ0n) is 12.1. The minimum Gasteiger partial charge on any atom is -0.394 e. The minimum absolute atomic E-state index is 0.0394. The lowest BCUT2D eigenvalue weighted by atomic mass is 10.2. The zero-order valence-corrected chi connectivity index (χ0v) is 13.6. The van der Waals surface area contributed by atoms with Crippen molar-refractivity contribution in [1.29, 1.82) is 0 Å². The lowest BCUT2D eigenvalue weighted by Crippen LogP contribution is -2.35. The summed E-state index contributed by atoms with van der Waals surface area (Å²) in [4.78, 5) is 12.0. The van der Waals surface area contributed by atoms with Gasteiger partial charge in [-0.2, -0.15) is 0 Å². The van der Waals surface area contributed by atoms with Gasteiger partial charge in [-0.3, -0.25) is 4.79 Å². The van der Waals surface area contributed by atoms with Crippen molar-refractivity contribution in [1.82, 2.24) is 10.0 Å². The first kappa shape index (κ1) is 17.9. The first-order valence-electron chi connectivity index (χ1n) is 6.41. The zero-order chi connectivity index (χ0) is 16.2. The van der Waals surface area contributed by atoms with E-state index in [1.54, 1.807) is 20.8 Å². The highest BCUT2D eigenvalue weighted by molar-refractivity contribution is 7.89. The first-order valence-corrected chi connectivity index (χ1v) is 8.27. The van der Waals surface area contributed by atoms with Gasteiger partial charge >= 0.3 is 0 Å². The maximum absolute atomic E-state index is 12.1.